The molecule has 2 amide bonds. The number of sulfonamides is 1. The lowest BCUT2D eigenvalue weighted by Gasteiger charge is -2.20. The van der Waals surface area contributed by atoms with Gasteiger partial charge >= 0.3 is 0 Å². The number of anilines is 3. The highest BCUT2D eigenvalue weighted by molar-refractivity contribution is 7.92. The van der Waals surface area contributed by atoms with Gasteiger partial charge in [-0.15, -0.1) is 0 Å². The Bertz CT molecular complexity index is 1150. The third kappa shape index (κ3) is 3.70. The predicted molar refractivity (Wildman–Crippen MR) is 109 cm³/mol. The quantitative estimate of drug-likeness (QED) is 0.754. The number of nitrogens with zero attached hydrogens (tertiary/aromatic N) is 1. The van der Waals surface area contributed by atoms with Crippen LogP contribution in [0.1, 0.15) is 24.8 Å². The molecule has 0 aromatic heterocycles. The fraction of sp³-hybridized carbons (Fsp3) is 0.300. The van der Waals surface area contributed by atoms with Crippen molar-refractivity contribution in [2.45, 2.75) is 30.6 Å². The monoisotopic (exact) mass is 433 g/mol. The van der Waals surface area contributed by atoms with Crippen molar-refractivity contribution in [3.8, 4) is 5.75 Å². The summed E-state index contributed by atoms with van der Waals surface area (Å²) >= 11 is 0. The average Bonchev–Trinajstić information content (AvgIpc) is 3.12. The molecule has 2 aliphatic heterocycles. The molecule has 1 fully saturated rings. The van der Waals surface area contributed by atoms with E-state index >= 15 is 0 Å². The smallest absolute Gasteiger partial charge is 0.264 e. The van der Waals surface area contributed by atoms with Gasteiger partial charge in [0.05, 0.1) is 18.5 Å². The molecule has 2 aliphatic rings. The average molecular weight is 433 g/mol. The summed E-state index contributed by atoms with van der Waals surface area (Å²) in [5.41, 5.74) is 1.56. The van der Waals surface area contributed by atoms with Crippen LogP contribution in [0.4, 0.5) is 21.5 Å². The minimum atomic E-state index is -4.23. The fourth-order valence-corrected chi connectivity index (χ4v) is 4.82. The van der Waals surface area contributed by atoms with Crippen LogP contribution in [0.25, 0.3) is 0 Å². The summed E-state index contributed by atoms with van der Waals surface area (Å²) in [7, 11) is -2.81. The molecule has 2 heterocycles. The van der Waals surface area contributed by atoms with E-state index in [-0.39, 0.29) is 29.6 Å². The van der Waals surface area contributed by atoms with Crippen molar-refractivity contribution in [3.05, 3.63) is 41.7 Å². The minimum absolute atomic E-state index is 0.0233. The summed E-state index contributed by atoms with van der Waals surface area (Å²) in [5, 5.41) is 2.54. The maximum atomic E-state index is 14.5. The molecule has 10 heteroatoms. The summed E-state index contributed by atoms with van der Waals surface area (Å²) in [5.74, 6) is -0.891. The number of fused-ring (bicyclic) bond motifs is 1. The number of carbonyl (C=O) groups excluding carboxylic acids is 2. The molecule has 2 aromatic rings. The van der Waals surface area contributed by atoms with Gasteiger partial charge in [0.2, 0.25) is 11.8 Å². The van der Waals surface area contributed by atoms with Gasteiger partial charge < -0.3 is 15.0 Å². The zero-order valence-corrected chi connectivity index (χ0v) is 17.0. The van der Waals surface area contributed by atoms with Crippen molar-refractivity contribution < 1.29 is 27.1 Å². The van der Waals surface area contributed by atoms with Gasteiger partial charge in [-0.05, 0) is 42.7 Å². The van der Waals surface area contributed by atoms with E-state index in [2.05, 4.69) is 10.0 Å². The number of ether oxygens (including phenoxy) is 1. The molecule has 0 radical (unpaired) electrons. The highest BCUT2D eigenvalue weighted by atomic mass is 32.2. The lowest BCUT2D eigenvalue weighted by molar-refractivity contribution is -0.117. The topological polar surface area (TPSA) is 105 Å². The Morgan fingerprint density at radius 3 is 2.63 bits per heavy atom. The first-order valence-electron chi connectivity index (χ1n) is 9.42. The Morgan fingerprint density at radius 1 is 1.13 bits per heavy atom. The van der Waals surface area contributed by atoms with Gasteiger partial charge in [-0.2, -0.15) is 0 Å². The van der Waals surface area contributed by atoms with Crippen LogP contribution in [0.5, 0.6) is 5.75 Å². The van der Waals surface area contributed by atoms with Crippen LogP contribution in [0, 0.1) is 5.82 Å². The molecule has 158 valence electrons. The van der Waals surface area contributed by atoms with Crippen LogP contribution in [-0.4, -0.2) is 33.9 Å². The van der Waals surface area contributed by atoms with Gasteiger partial charge in [-0.1, -0.05) is 0 Å². The number of benzene rings is 2. The van der Waals surface area contributed by atoms with Crippen molar-refractivity contribution >= 4 is 38.9 Å². The molecule has 0 unspecified atom stereocenters. The number of hydrogen-bond donors (Lipinski definition) is 2. The fourth-order valence-electron chi connectivity index (χ4n) is 3.66. The van der Waals surface area contributed by atoms with Crippen LogP contribution in [0.2, 0.25) is 0 Å². The van der Waals surface area contributed by atoms with Gasteiger partial charge in [0.25, 0.3) is 10.0 Å². The first-order chi connectivity index (χ1) is 14.3. The summed E-state index contributed by atoms with van der Waals surface area (Å²) in [4.78, 5) is 24.6. The van der Waals surface area contributed by atoms with Crippen LogP contribution >= 0.6 is 0 Å². The molecule has 1 saturated heterocycles. The zero-order chi connectivity index (χ0) is 21.5. The molecule has 0 bridgehead atoms. The normalized spacial score (nSPS) is 16.3. The van der Waals surface area contributed by atoms with Crippen LogP contribution in [0.15, 0.2) is 35.2 Å². The first-order valence-corrected chi connectivity index (χ1v) is 10.9. The van der Waals surface area contributed by atoms with Gasteiger partial charge in [0.15, 0.2) is 0 Å². The van der Waals surface area contributed by atoms with E-state index in [1.54, 1.807) is 11.0 Å². The number of nitrogens with one attached hydrogen (secondary N) is 2. The summed E-state index contributed by atoms with van der Waals surface area (Å²) in [6.45, 7) is 0.567. The molecule has 8 nitrogen and oxygen atoms in total. The highest BCUT2D eigenvalue weighted by Gasteiger charge is 2.27. The van der Waals surface area contributed by atoms with Crippen molar-refractivity contribution in [2.75, 3.05) is 28.6 Å². The second kappa shape index (κ2) is 7.60. The van der Waals surface area contributed by atoms with E-state index in [9.17, 15) is 22.4 Å². The van der Waals surface area contributed by atoms with E-state index in [1.807, 2.05) is 0 Å². The van der Waals surface area contributed by atoms with E-state index < -0.39 is 20.7 Å². The molecule has 0 spiro atoms. The summed E-state index contributed by atoms with van der Waals surface area (Å²) in [6, 6.07) is 6.80. The van der Waals surface area contributed by atoms with E-state index in [0.717, 1.165) is 12.5 Å². The second-order valence-corrected chi connectivity index (χ2v) is 8.78. The van der Waals surface area contributed by atoms with E-state index in [1.165, 1.54) is 25.3 Å². The van der Waals surface area contributed by atoms with Crippen molar-refractivity contribution in [1.29, 1.82) is 0 Å². The molecule has 2 aromatic carbocycles. The third-order valence-corrected chi connectivity index (χ3v) is 6.54. The van der Waals surface area contributed by atoms with Crippen molar-refractivity contribution in [3.63, 3.8) is 0 Å². The standard InChI is InChI=1S/C20H20FN3O5S/c1-29-17-10-13(5-6-16(17)24-8-2-3-20(24)26)23-30(27,28)18-9-12-4-7-19(25)22-15(12)11-14(18)21/h5-6,9-11,23H,2-4,7-8H2,1H3,(H,22,25). The van der Waals surface area contributed by atoms with Crippen LogP contribution in [0.3, 0.4) is 0 Å². The second-order valence-electron chi connectivity index (χ2n) is 7.13. The molecular weight excluding hydrogens is 413 g/mol. The minimum Gasteiger partial charge on any atom is -0.494 e. The molecule has 2 N–H and O–H groups in total. The number of hydrogen-bond acceptors (Lipinski definition) is 5. The SMILES string of the molecule is COc1cc(NS(=O)(=O)c2cc3c(cc2F)NC(=O)CC3)ccc1N1CCCC1=O. The molecule has 0 aliphatic carbocycles. The molecule has 0 saturated carbocycles. The number of carbonyl (C=O) groups is 2. The summed E-state index contributed by atoms with van der Waals surface area (Å²) < 4.78 is 47.9. The molecule has 30 heavy (non-hydrogen) atoms. The van der Waals surface area contributed by atoms with Crippen molar-refractivity contribution in [2.24, 2.45) is 0 Å². The maximum absolute atomic E-state index is 14.5. The Kier molecular flexibility index (Phi) is 5.10. The van der Waals surface area contributed by atoms with Crippen molar-refractivity contribution in [1.82, 2.24) is 0 Å². The first kappa shape index (κ1) is 20.1. The Balaban J connectivity index is 1.64. The van der Waals surface area contributed by atoms with E-state index in [4.69, 9.17) is 4.74 Å². The number of aryl methyl sites for hydroxylation is 1. The number of methoxy groups -OCH3 is 1. The maximum Gasteiger partial charge on any atom is 0.264 e. The number of halogens is 1. The molecular formula is C20H20FN3O5S. The van der Waals surface area contributed by atoms with Gasteiger partial charge in [0.1, 0.15) is 16.5 Å². The highest BCUT2D eigenvalue weighted by Crippen LogP contribution is 2.35. The number of rotatable bonds is 5. The van der Waals surface area contributed by atoms with Crippen LogP contribution < -0.4 is 19.7 Å². The Hall–Kier alpha value is -3.14. The third-order valence-electron chi connectivity index (χ3n) is 5.14. The van der Waals surface area contributed by atoms with E-state index in [0.29, 0.717) is 36.4 Å². The zero-order valence-electron chi connectivity index (χ0n) is 16.2. The van der Waals surface area contributed by atoms with Gasteiger partial charge in [-0.3, -0.25) is 14.3 Å². The summed E-state index contributed by atoms with van der Waals surface area (Å²) in [6.07, 6.45) is 1.74. The lowest BCUT2D eigenvalue weighted by Crippen LogP contribution is -2.24. The number of amides is 2. The molecule has 0 atom stereocenters. The van der Waals surface area contributed by atoms with Gasteiger partial charge in [-0.25, -0.2) is 12.8 Å². The Morgan fingerprint density at radius 2 is 1.93 bits per heavy atom. The molecule has 4 rings (SSSR count). The predicted octanol–water partition coefficient (Wildman–Crippen LogP) is 2.65. The van der Waals surface area contributed by atoms with Crippen LogP contribution in [-0.2, 0) is 26.0 Å². The van der Waals surface area contributed by atoms with Gasteiger partial charge in [0, 0.05) is 31.1 Å². The largest absolute Gasteiger partial charge is 0.494 e. The lowest BCUT2D eigenvalue weighted by atomic mass is 10.0. The Labute approximate surface area is 173 Å².